The average Bonchev–Trinajstić information content (AvgIpc) is 3.33. The maximum atomic E-state index is 12.7. The number of nitrogens with one attached hydrogen (secondary N) is 1. The highest BCUT2D eigenvalue weighted by atomic mass is 32.2. The minimum absolute atomic E-state index is 0.0763. The van der Waals surface area contributed by atoms with Crippen LogP contribution in [0.3, 0.4) is 0 Å². The predicted molar refractivity (Wildman–Crippen MR) is 101 cm³/mol. The Morgan fingerprint density at radius 2 is 2.04 bits per heavy atom. The molecule has 8 nitrogen and oxygen atoms in total. The van der Waals surface area contributed by atoms with Crippen molar-refractivity contribution in [1.29, 1.82) is 0 Å². The Morgan fingerprint density at radius 3 is 2.65 bits per heavy atom. The van der Waals surface area contributed by atoms with Crippen LogP contribution in [-0.2, 0) is 10.0 Å². The molecule has 0 saturated carbocycles. The van der Waals surface area contributed by atoms with Crippen molar-refractivity contribution in [3.05, 3.63) is 23.8 Å². The molecule has 1 aromatic heterocycles. The number of benzene rings is 1. The van der Waals surface area contributed by atoms with E-state index in [0.717, 1.165) is 17.2 Å². The number of nitrogens with zero attached hydrogens (tertiary/aromatic N) is 3. The van der Waals surface area contributed by atoms with Crippen molar-refractivity contribution in [2.45, 2.75) is 22.1 Å². The first-order valence-electron chi connectivity index (χ1n) is 7.82. The summed E-state index contributed by atoms with van der Waals surface area (Å²) < 4.78 is 32.9. The molecule has 140 valence electrons. The van der Waals surface area contributed by atoms with Gasteiger partial charge in [-0.1, -0.05) is 23.1 Å². The minimum atomic E-state index is -3.62. The van der Waals surface area contributed by atoms with E-state index in [1.165, 1.54) is 52.7 Å². The molecule has 1 saturated heterocycles. The standard InChI is InChI=1S/C15H18N4O4S3/c1-23-12-6-5-10(26(21,22)19-7-3-4-8-19)9-11(12)13(20)16-14-17-18-15(24-2)25-14/h5-6,9H,3-4,7-8H2,1-2H3,(H,16,17,20). The van der Waals surface area contributed by atoms with Gasteiger partial charge in [0.25, 0.3) is 5.91 Å². The predicted octanol–water partition coefficient (Wildman–Crippen LogP) is 2.31. The maximum Gasteiger partial charge on any atom is 0.261 e. The van der Waals surface area contributed by atoms with Crippen LogP contribution in [0.15, 0.2) is 27.4 Å². The quantitative estimate of drug-likeness (QED) is 0.572. The number of methoxy groups -OCH3 is 1. The van der Waals surface area contributed by atoms with E-state index in [0.29, 0.717) is 18.2 Å². The number of ether oxygens (including phenoxy) is 1. The van der Waals surface area contributed by atoms with Crippen LogP contribution in [0.5, 0.6) is 5.75 Å². The average molecular weight is 415 g/mol. The zero-order valence-electron chi connectivity index (χ0n) is 14.3. The van der Waals surface area contributed by atoms with Crippen molar-refractivity contribution in [3.63, 3.8) is 0 Å². The van der Waals surface area contributed by atoms with E-state index in [-0.39, 0.29) is 16.2 Å². The molecular formula is C15H18N4O4S3. The van der Waals surface area contributed by atoms with Crippen LogP contribution in [0, 0.1) is 0 Å². The third-order valence-corrected chi connectivity index (χ3v) is 7.63. The topological polar surface area (TPSA) is 101 Å². The molecule has 0 radical (unpaired) electrons. The summed E-state index contributed by atoms with van der Waals surface area (Å²) in [7, 11) is -2.20. The van der Waals surface area contributed by atoms with Crippen LogP contribution < -0.4 is 10.1 Å². The molecule has 1 aliphatic rings. The second-order valence-corrected chi connectivity index (χ2v) is 9.47. The summed E-state index contributed by atoms with van der Waals surface area (Å²) >= 11 is 2.67. The van der Waals surface area contributed by atoms with Crippen LogP contribution in [0.1, 0.15) is 23.2 Å². The monoisotopic (exact) mass is 414 g/mol. The lowest BCUT2D eigenvalue weighted by Gasteiger charge is -2.17. The first-order chi connectivity index (χ1) is 12.5. The molecule has 1 N–H and O–H groups in total. The molecule has 0 aliphatic carbocycles. The van der Waals surface area contributed by atoms with Crippen molar-refractivity contribution < 1.29 is 17.9 Å². The van der Waals surface area contributed by atoms with E-state index < -0.39 is 15.9 Å². The van der Waals surface area contributed by atoms with E-state index >= 15 is 0 Å². The Labute approximate surface area is 160 Å². The number of rotatable bonds is 6. The Balaban J connectivity index is 1.91. The number of hydrogen-bond donors (Lipinski definition) is 1. The fourth-order valence-electron chi connectivity index (χ4n) is 2.61. The number of aromatic nitrogens is 2. The molecule has 2 heterocycles. The molecule has 0 atom stereocenters. The third-order valence-electron chi connectivity index (χ3n) is 3.92. The lowest BCUT2D eigenvalue weighted by molar-refractivity contribution is 0.102. The van der Waals surface area contributed by atoms with E-state index in [4.69, 9.17) is 4.74 Å². The molecule has 3 rings (SSSR count). The van der Waals surface area contributed by atoms with Gasteiger partial charge >= 0.3 is 0 Å². The van der Waals surface area contributed by atoms with Crippen LogP contribution in [0.2, 0.25) is 0 Å². The SMILES string of the molecule is COc1ccc(S(=O)(=O)N2CCCC2)cc1C(=O)Nc1nnc(SC)s1. The summed E-state index contributed by atoms with van der Waals surface area (Å²) in [6.07, 6.45) is 3.55. The van der Waals surface area contributed by atoms with Gasteiger partial charge in [-0.2, -0.15) is 4.31 Å². The lowest BCUT2D eigenvalue weighted by atomic mass is 10.2. The van der Waals surface area contributed by atoms with Gasteiger partial charge in [0, 0.05) is 13.1 Å². The summed E-state index contributed by atoms with van der Waals surface area (Å²) in [6.45, 7) is 0.996. The van der Waals surface area contributed by atoms with Gasteiger partial charge in [-0.3, -0.25) is 10.1 Å². The fraction of sp³-hybridized carbons (Fsp3) is 0.400. The first kappa shape index (κ1) is 19.1. The summed E-state index contributed by atoms with van der Waals surface area (Å²) in [5.74, 6) is -0.207. The number of carbonyl (C=O) groups is 1. The van der Waals surface area contributed by atoms with E-state index in [1.54, 1.807) is 0 Å². The third kappa shape index (κ3) is 3.85. The van der Waals surface area contributed by atoms with Crippen LogP contribution in [-0.4, -0.2) is 55.3 Å². The van der Waals surface area contributed by atoms with Gasteiger partial charge in [0.15, 0.2) is 4.34 Å². The van der Waals surface area contributed by atoms with Gasteiger partial charge in [0.1, 0.15) is 5.75 Å². The van der Waals surface area contributed by atoms with Gasteiger partial charge in [-0.25, -0.2) is 8.42 Å². The molecule has 0 unspecified atom stereocenters. The maximum absolute atomic E-state index is 12.7. The van der Waals surface area contributed by atoms with Gasteiger partial charge in [0.05, 0.1) is 17.6 Å². The van der Waals surface area contributed by atoms with Crippen LogP contribution in [0.4, 0.5) is 5.13 Å². The molecule has 0 spiro atoms. The molecule has 1 fully saturated rings. The van der Waals surface area contributed by atoms with E-state index in [2.05, 4.69) is 15.5 Å². The number of hydrogen-bond acceptors (Lipinski definition) is 8. The molecule has 1 aromatic carbocycles. The van der Waals surface area contributed by atoms with Crippen molar-refractivity contribution in [1.82, 2.24) is 14.5 Å². The highest BCUT2D eigenvalue weighted by molar-refractivity contribution is 8.00. The zero-order valence-corrected chi connectivity index (χ0v) is 16.7. The van der Waals surface area contributed by atoms with Crippen LogP contribution in [0.25, 0.3) is 0 Å². The molecular weight excluding hydrogens is 396 g/mol. The Kier molecular flexibility index (Phi) is 5.80. The van der Waals surface area contributed by atoms with Gasteiger partial charge in [-0.15, -0.1) is 10.2 Å². The van der Waals surface area contributed by atoms with Crippen molar-refractivity contribution in [2.75, 3.05) is 31.8 Å². The summed E-state index contributed by atoms with van der Waals surface area (Å²) in [4.78, 5) is 12.7. The largest absolute Gasteiger partial charge is 0.496 e. The van der Waals surface area contributed by atoms with Crippen molar-refractivity contribution >= 4 is 44.2 Å². The molecule has 11 heteroatoms. The Morgan fingerprint density at radius 1 is 1.31 bits per heavy atom. The van der Waals surface area contributed by atoms with E-state index in [1.807, 2.05) is 6.26 Å². The number of amides is 1. The molecule has 0 bridgehead atoms. The normalized spacial score (nSPS) is 15.2. The molecule has 2 aromatic rings. The fourth-order valence-corrected chi connectivity index (χ4v) is 5.32. The molecule has 1 aliphatic heterocycles. The van der Waals surface area contributed by atoms with Crippen molar-refractivity contribution in [2.24, 2.45) is 0 Å². The number of anilines is 1. The summed E-state index contributed by atoms with van der Waals surface area (Å²) in [5, 5.41) is 10.8. The van der Waals surface area contributed by atoms with Crippen LogP contribution >= 0.6 is 23.1 Å². The van der Waals surface area contributed by atoms with Gasteiger partial charge < -0.3 is 4.74 Å². The molecule has 26 heavy (non-hydrogen) atoms. The summed E-state index contributed by atoms with van der Waals surface area (Å²) in [5.41, 5.74) is 0.133. The smallest absolute Gasteiger partial charge is 0.261 e. The Bertz CT molecular complexity index is 907. The highest BCUT2D eigenvalue weighted by Crippen LogP contribution is 2.28. The number of sulfonamides is 1. The second kappa shape index (κ2) is 7.91. The Hall–Kier alpha value is -1.69. The van der Waals surface area contributed by atoms with E-state index in [9.17, 15) is 13.2 Å². The molecule has 1 amide bonds. The van der Waals surface area contributed by atoms with Crippen molar-refractivity contribution in [3.8, 4) is 5.75 Å². The minimum Gasteiger partial charge on any atom is -0.496 e. The van der Waals surface area contributed by atoms with Gasteiger partial charge in [-0.05, 0) is 37.3 Å². The highest BCUT2D eigenvalue weighted by Gasteiger charge is 2.28. The first-order valence-corrected chi connectivity index (χ1v) is 11.3. The summed E-state index contributed by atoms with van der Waals surface area (Å²) in [6, 6.07) is 4.30. The number of thioether (sulfide) groups is 1. The number of carbonyl (C=O) groups excluding carboxylic acids is 1. The van der Waals surface area contributed by atoms with Gasteiger partial charge in [0.2, 0.25) is 15.2 Å². The lowest BCUT2D eigenvalue weighted by Crippen LogP contribution is -2.28. The zero-order chi connectivity index (χ0) is 18.7. The second-order valence-electron chi connectivity index (χ2n) is 5.50.